The van der Waals surface area contributed by atoms with Gasteiger partial charge in [-0.1, -0.05) is 60.3 Å². The third-order valence-electron chi connectivity index (χ3n) is 6.10. The zero-order valence-corrected chi connectivity index (χ0v) is 19.8. The predicted octanol–water partition coefficient (Wildman–Crippen LogP) is 3.92. The Balaban J connectivity index is 1.36. The molecule has 1 aliphatic rings. The smallest absolute Gasteiger partial charge is 0.191 e. The van der Waals surface area contributed by atoms with Crippen LogP contribution in [-0.4, -0.2) is 51.2 Å². The van der Waals surface area contributed by atoms with Gasteiger partial charge < -0.3 is 9.55 Å². The monoisotopic (exact) mass is 480 g/mol. The summed E-state index contributed by atoms with van der Waals surface area (Å²) >= 11 is 1.35. The van der Waals surface area contributed by atoms with E-state index in [4.69, 9.17) is 0 Å². The highest BCUT2D eigenvalue weighted by Crippen LogP contribution is 2.32. The summed E-state index contributed by atoms with van der Waals surface area (Å²) in [6, 6.07) is 17.7. The molecular weight excluding hydrogens is 456 g/mol. The van der Waals surface area contributed by atoms with Crippen LogP contribution in [0.1, 0.15) is 22.6 Å². The van der Waals surface area contributed by atoms with Crippen molar-refractivity contribution in [2.24, 2.45) is 13.0 Å². The number of hydrogen-bond donors (Lipinski definition) is 1. The number of fused-ring (bicyclic) bond motifs is 1. The molecule has 0 radical (unpaired) electrons. The molecule has 1 aliphatic heterocycles. The first-order valence-electron chi connectivity index (χ1n) is 10.8. The van der Waals surface area contributed by atoms with E-state index in [-0.39, 0.29) is 29.0 Å². The normalized spacial score (nSPS) is 17.5. The maximum Gasteiger partial charge on any atom is 0.191 e. The Morgan fingerprint density at radius 1 is 1.12 bits per heavy atom. The van der Waals surface area contributed by atoms with Gasteiger partial charge in [0.15, 0.2) is 20.8 Å². The number of Topliss-reactive ketones (excluding diaryl/α,β-unsaturated/α-hetero) is 1. The molecule has 1 saturated heterocycles. The molecule has 9 heteroatoms. The molecular formula is C24H24N4O3S2. The summed E-state index contributed by atoms with van der Waals surface area (Å²) in [5.74, 6) is 1.54. The summed E-state index contributed by atoms with van der Waals surface area (Å²) in [5, 5.41) is 10.1. The summed E-state index contributed by atoms with van der Waals surface area (Å²) < 4.78 is 25.4. The number of aromatic amines is 1. The van der Waals surface area contributed by atoms with Gasteiger partial charge in [-0.2, -0.15) is 0 Å². The van der Waals surface area contributed by atoms with Crippen molar-refractivity contribution >= 4 is 38.3 Å². The van der Waals surface area contributed by atoms with Crippen molar-refractivity contribution in [3.8, 4) is 11.3 Å². The molecule has 0 bridgehead atoms. The Morgan fingerprint density at radius 2 is 1.88 bits per heavy atom. The molecule has 1 N–H and O–H groups in total. The maximum atomic E-state index is 13.4. The summed E-state index contributed by atoms with van der Waals surface area (Å²) in [4.78, 5) is 16.8. The standard InChI is InChI=1S/C24H24N4O3S2/c1-28-21(13-16-11-12-33(30,31)15-16)26-27-24(28)32-14-20(29)22-18-9-5-6-10-19(18)25-23(22)17-7-3-2-4-8-17/h2-10,16,25H,11-15H2,1H3/t16-/m1/s1. The minimum Gasteiger partial charge on any atom is -0.354 e. The first-order chi connectivity index (χ1) is 15.9. The summed E-state index contributed by atoms with van der Waals surface area (Å²) in [7, 11) is -1.06. The van der Waals surface area contributed by atoms with Gasteiger partial charge in [0.25, 0.3) is 0 Å². The van der Waals surface area contributed by atoms with Gasteiger partial charge in [-0.15, -0.1) is 10.2 Å². The second-order valence-electron chi connectivity index (χ2n) is 8.43. The topological polar surface area (TPSA) is 97.7 Å². The van der Waals surface area contributed by atoms with E-state index >= 15 is 0 Å². The molecule has 0 unspecified atom stereocenters. The van der Waals surface area contributed by atoms with Crippen LogP contribution in [0.5, 0.6) is 0 Å². The first-order valence-corrected chi connectivity index (χ1v) is 13.6. The number of aromatic nitrogens is 4. The molecule has 0 saturated carbocycles. The molecule has 0 spiro atoms. The number of hydrogen-bond acceptors (Lipinski definition) is 6. The fourth-order valence-electron chi connectivity index (χ4n) is 4.39. The van der Waals surface area contributed by atoms with Crippen LogP contribution in [0.2, 0.25) is 0 Å². The quantitative estimate of drug-likeness (QED) is 0.318. The fourth-order valence-corrected chi connectivity index (χ4v) is 7.06. The van der Waals surface area contributed by atoms with Crippen LogP contribution in [0, 0.1) is 5.92 Å². The highest BCUT2D eigenvalue weighted by molar-refractivity contribution is 7.99. The number of nitrogens with one attached hydrogen (secondary N) is 1. The number of carbonyl (C=O) groups is 1. The van der Waals surface area contributed by atoms with Crippen LogP contribution < -0.4 is 0 Å². The number of H-pyrrole nitrogens is 1. The van der Waals surface area contributed by atoms with Crippen LogP contribution >= 0.6 is 11.8 Å². The highest BCUT2D eigenvalue weighted by Gasteiger charge is 2.29. The SMILES string of the molecule is Cn1c(C[C@H]2CCS(=O)(=O)C2)nnc1SCC(=O)c1c(-c2ccccc2)[nH]c2ccccc12. The Morgan fingerprint density at radius 3 is 2.64 bits per heavy atom. The largest absolute Gasteiger partial charge is 0.354 e. The van der Waals surface area contributed by atoms with Gasteiger partial charge in [-0.3, -0.25) is 4.79 Å². The average Bonchev–Trinajstić information content (AvgIpc) is 3.48. The first kappa shape index (κ1) is 21.9. The van der Waals surface area contributed by atoms with E-state index < -0.39 is 9.84 Å². The third kappa shape index (κ3) is 4.47. The highest BCUT2D eigenvalue weighted by atomic mass is 32.2. The minimum absolute atomic E-state index is 0.0164. The second kappa shape index (κ2) is 8.79. The number of carbonyl (C=O) groups excluding carboxylic acids is 1. The van der Waals surface area contributed by atoms with Gasteiger partial charge in [0.05, 0.1) is 28.5 Å². The van der Waals surface area contributed by atoms with Crippen LogP contribution in [0.4, 0.5) is 0 Å². The molecule has 5 rings (SSSR count). The number of benzene rings is 2. The van der Waals surface area contributed by atoms with E-state index in [9.17, 15) is 13.2 Å². The third-order valence-corrected chi connectivity index (χ3v) is 8.96. The molecule has 0 aliphatic carbocycles. The number of rotatable bonds is 7. The number of nitrogens with zero attached hydrogens (tertiary/aromatic N) is 3. The molecule has 170 valence electrons. The van der Waals surface area contributed by atoms with Crippen LogP contribution in [0.15, 0.2) is 59.8 Å². The number of para-hydroxylation sites is 1. The molecule has 7 nitrogen and oxygen atoms in total. The van der Waals surface area contributed by atoms with Crippen molar-refractivity contribution in [2.45, 2.75) is 18.0 Å². The van der Waals surface area contributed by atoms with Crippen LogP contribution in [0.25, 0.3) is 22.2 Å². The van der Waals surface area contributed by atoms with Gasteiger partial charge in [0.2, 0.25) is 0 Å². The summed E-state index contributed by atoms with van der Waals surface area (Å²) in [6.07, 6.45) is 1.25. The van der Waals surface area contributed by atoms with E-state index in [1.54, 1.807) is 0 Å². The number of ketones is 1. The van der Waals surface area contributed by atoms with E-state index in [1.807, 2.05) is 66.2 Å². The molecule has 1 atom stereocenters. The molecule has 2 aromatic heterocycles. The van der Waals surface area contributed by atoms with Crippen molar-refractivity contribution in [2.75, 3.05) is 17.3 Å². The molecule has 4 aromatic rings. The Hall–Kier alpha value is -2.91. The molecule has 3 heterocycles. The van der Waals surface area contributed by atoms with Crippen molar-refractivity contribution in [3.05, 3.63) is 66.0 Å². The lowest BCUT2D eigenvalue weighted by atomic mass is 10.0. The van der Waals surface area contributed by atoms with Gasteiger partial charge in [0, 0.05) is 24.4 Å². The Kier molecular flexibility index (Phi) is 5.84. The van der Waals surface area contributed by atoms with E-state index in [0.717, 1.165) is 28.0 Å². The van der Waals surface area contributed by atoms with E-state index in [1.165, 1.54) is 11.8 Å². The lowest BCUT2D eigenvalue weighted by Crippen LogP contribution is -2.11. The van der Waals surface area contributed by atoms with E-state index in [2.05, 4.69) is 15.2 Å². The molecule has 2 aromatic carbocycles. The van der Waals surface area contributed by atoms with Crippen LogP contribution in [-0.2, 0) is 23.3 Å². The predicted molar refractivity (Wildman–Crippen MR) is 130 cm³/mol. The van der Waals surface area contributed by atoms with Gasteiger partial charge in [-0.25, -0.2) is 8.42 Å². The lowest BCUT2D eigenvalue weighted by molar-refractivity contribution is 0.102. The maximum absolute atomic E-state index is 13.4. The van der Waals surface area contributed by atoms with Gasteiger partial charge in [0.1, 0.15) is 5.82 Å². The zero-order valence-electron chi connectivity index (χ0n) is 18.2. The Labute approximate surface area is 196 Å². The lowest BCUT2D eigenvalue weighted by Gasteiger charge is -2.08. The minimum atomic E-state index is -2.92. The summed E-state index contributed by atoms with van der Waals surface area (Å²) in [5.41, 5.74) is 3.40. The van der Waals surface area contributed by atoms with Gasteiger partial charge >= 0.3 is 0 Å². The average molecular weight is 481 g/mol. The number of sulfone groups is 1. The molecule has 1 fully saturated rings. The van der Waals surface area contributed by atoms with Crippen molar-refractivity contribution in [1.82, 2.24) is 19.7 Å². The number of thioether (sulfide) groups is 1. The zero-order chi connectivity index (χ0) is 23.0. The molecule has 33 heavy (non-hydrogen) atoms. The second-order valence-corrected chi connectivity index (χ2v) is 11.6. The van der Waals surface area contributed by atoms with E-state index in [0.29, 0.717) is 23.6 Å². The van der Waals surface area contributed by atoms with Gasteiger partial charge in [-0.05, 0) is 24.0 Å². The Bertz CT molecular complexity index is 1420. The summed E-state index contributed by atoms with van der Waals surface area (Å²) in [6.45, 7) is 0. The van der Waals surface area contributed by atoms with Crippen molar-refractivity contribution < 1.29 is 13.2 Å². The fraction of sp³-hybridized carbons (Fsp3) is 0.292. The van der Waals surface area contributed by atoms with Crippen molar-refractivity contribution in [3.63, 3.8) is 0 Å². The van der Waals surface area contributed by atoms with Crippen molar-refractivity contribution in [1.29, 1.82) is 0 Å². The molecule has 0 amide bonds. The van der Waals surface area contributed by atoms with Crippen LogP contribution in [0.3, 0.4) is 0 Å².